The lowest BCUT2D eigenvalue weighted by molar-refractivity contribution is -0.274. The van der Waals surface area contributed by atoms with Crippen LogP contribution < -0.4 is 15.4 Å². The molecule has 0 aliphatic heterocycles. The fourth-order valence-corrected chi connectivity index (χ4v) is 1.93. The Kier molecular flexibility index (Phi) is 5.10. The van der Waals surface area contributed by atoms with E-state index in [1.165, 1.54) is 18.2 Å². The predicted molar refractivity (Wildman–Crippen MR) is 80.2 cm³/mol. The highest BCUT2D eigenvalue weighted by atomic mass is 19.4. The van der Waals surface area contributed by atoms with Crippen LogP contribution in [0, 0.1) is 6.92 Å². The van der Waals surface area contributed by atoms with Crippen molar-refractivity contribution in [3.63, 3.8) is 0 Å². The minimum atomic E-state index is -4.82. The summed E-state index contributed by atoms with van der Waals surface area (Å²) in [5.74, 6) is -0.467. The van der Waals surface area contributed by atoms with E-state index >= 15 is 0 Å². The van der Waals surface area contributed by atoms with Crippen LogP contribution in [0.4, 0.5) is 23.7 Å². The lowest BCUT2D eigenvalue weighted by Gasteiger charge is -2.14. The number of halogens is 3. The number of carbonyl (C=O) groups excluding carboxylic acids is 1. The highest BCUT2D eigenvalue weighted by Crippen LogP contribution is 2.29. The summed E-state index contributed by atoms with van der Waals surface area (Å²) in [5.41, 5.74) is 1.86. The smallest absolute Gasteiger partial charge is 0.404 e. The van der Waals surface area contributed by atoms with Gasteiger partial charge in [-0.25, -0.2) is 4.79 Å². The van der Waals surface area contributed by atoms with E-state index < -0.39 is 18.1 Å². The maximum absolute atomic E-state index is 12.3. The number of hydrogen-bond acceptors (Lipinski definition) is 2. The molecular formula is C16H15F3N2O2. The molecule has 0 atom stereocenters. The number of para-hydroxylation sites is 2. The van der Waals surface area contributed by atoms with Gasteiger partial charge in [-0.1, -0.05) is 36.4 Å². The first-order chi connectivity index (χ1) is 10.8. The molecule has 0 heterocycles. The third-order valence-corrected chi connectivity index (χ3v) is 3.06. The van der Waals surface area contributed by atoms with Crippen LogP contribution in [0.25, 0.3) is 0 Å². The summed E-state index contributed by atoms with van der Waals surface area (Å²) in [6.07, 6.45) is -4.82. The van der Waals surface area contributed by atoms with Crippen molar-refractivity contribution in [1.82, 2.24) is 5.32 Å². The number of anilines is 1. The Morgan fingerprint density at radius 2 is 1.74 bits per heavy atom. The standard InChI is InChI=1S/C16H15F3N2O2/c1-11-6-2-3-7-12(11)10-20-15(22)21-13-8-4-5-9-14(13)23-16(17,18)19/h2-9H,10H2,1H3,(H2,20,21,22). The maximum Gasteiger partial charge on any atom is 0.573 e. The van der Waals surface area contributed by atoms with E-state index in [1.807, 2.05) is 31.2 Å². The van der Waals surface area contributed by atoms with E-state index in [-0.39, 0.29) is 12.2 Å². The molecule has 122 valence electrons. The monoisotopic (exact) mass is 324 g/mol. The molecule has 2 aromatic carbocycles. The highest BCUT2D eigenvalue weighted by Gasteiger charge is 2.32. The van der Waals surface area contributed by atoms with E-state index in [9.17, 15) is 18.0 Å². The molecule has 0 aromatic heterocycles. The van der Waals surface area contributed by atoms with Crippen molar-refractivity contribution in [1.29, 1.82) is 0 Å². The molecule has 2 aromatic rings. The molecule has 2 N–H and O–H groups in total. The topological polar surface area (TPSA) is 50.4 Å². The van der Waals surface area contributed by atoms with Gasteiger partial charge in [-0.15, -0.1) is 13.2 Å². The summed E-state index contributed by atoms with van der Waals surface area (Å²) in [5, 5.41) is 4.94. The van der Waals surface area contributed by atoms with Crippen LogP contribution in [-0.2, 0) is 6.54 Å². The van der Waals surface area contributed by atoms with Gasteiger partial charge in [-0.2, -0.15) is 0 Å². The number of hydrogen-bond donors (Lipinski definition) is 2. The number of carbonyl (C=O) groups is 1. The predicted octanol–water partition coefficient (Wildman–Crippen LogP) is 4.22. The van der Waals surface area contributed by atoms with Crippen molar-refractivity contribution in [3.05, 3.63) is 59.7 Å². The van der Waals surface area contributed by atoms with Gasteiger partial charge >= 0.3 is 12.4 Å². The molecule has 7 heteroatoms. The third-order valence-electron chi connectivity index (χ3n) is 3.06. The van der Waals surface area contributed by atoms with Gasteiger partial charge < -0.3 is 15.4 Å². The van der Waals surface area contributed by atoms with Crippen LogP contribution >= 0.6 is 0 Å². The van der Waals surface area contributed by atoms with Gasteiger partial charge in [0.1, 0.15) is 0 Å². The number of urea groups is 1. The lowest BCUT2D eigenvalue weighted by atomic mass is 10.1. The number of benzene rings is 2. The first-order valence-corrected chi connectivity index (χ1v) is 6.79. The first kappa shape index (κ1) is 16.7. The Balaban J connectivity index is 1.99. The van der Waals surface area contributed by atoms with Gasteiger partial charge in [0.05, 0.1) is 5.69 Å². The largest absolute Gasteiger partial charge is 0.573 e. The molecule has 4 nitrogen and oxygen atoms in total. The normalized spacial score (nSPS) is 11.0. The molecule has 0 fully saturated rings. The zero-order chi connectivity index (χ0) is 16.9. The van der Waals surface area contributed by atoms with Gasteiger partial charge in [0.15, 0.2) is 5.75 Å². The molecule has 0 aliphatic carbocycles. The van der Waals surface area contributed by atoms with Crippen molar-refractivity contribution >= 4 is 11.7 Å². The van der Waals surface area contributed by atoms with Crippen molar-refractivity contribution in [2.45, 2.75) is 19.8 Å². The van der Waals surface area contributed by atoms with Crippen LogP contribution in [0.2, 0.25) is 0 Å². The summed E-state index contributed by atoms with van der Waals surface area (Å²) < 4.78 is 40.8. The molecule has 0 unspecified atom stereocenters. The molecule has 0 spiro atoms. The van der Waals surface area contributed by atoms with Crippen LogP contribution in [0.1, 0.15) is 11.1 Å². The molecular weight excluding hydrogens is 309 g/mol. The molecule has 0 radical (unpaired) electrons. The molecule has 0 saturated carbocycles. The van der Waals surface area contributed by atoms with E-state index in [1.54, 1.807) is 0 Å². The Hall–Kier alpha value is -2.70. The van der Waals surface area contributed by atoms with Gasteiger partial charge in [0, 0.05) is 6.54 Å². The second kappa shape index (κ2) is 7.04. The average Bonchev–Trinajstić information content (AvgIpc) is 2.47. The fourth-order valence-electron chi connectivity index (χ4n) is 1.93. The van der Waals surface area contributed by atoms with Gasteiger partial charge in [0.2, 0.25) is 0 Å². The minimum Gasteiger partial charge on any atom is -0.404 e. The summed E-state index contributed by atoms with van der Waals surface area (Å²) in [4.78, 5) is 11.9. The van der Waals surface area contributed by atoms with Crippen LogP contribution in [0.15, 0.2) is 48.5 Å². The number of amides is 2. The molecule has 2 rings (SSSR count). The maximum atomic E-state index is 12.3. The number of rotatable bonds is 4. The van der Waals surface area contributed by atoms with Crippen molar-refractivity contribution < 1.29 is 22.7 Å². The zero-order valence-corrected chi connectivity index (χ0v) is 12.3. The van der Waals surface area contributed by atoms with Crippen LogP contribution in [0.3, 0.4) is 0 Å². The fraction of sp³-hybridized carbons (Fsp3) is 0.188. The Labute approximate surface area is 131 Å². The Morgan fingerprint density at radius 3 is 2.43 bits per heavy atom. The van der Waals surface area contributed by atoms with Gasteiger partial charge in [-0.3, -0.25) is 0 Å². The number of aryl methyl sites for hydroxylation is 1. The average molecular weight is 324 g/mol. The molecule has 0 bridgehead atoms. The van der Waals surface area contributed by atoms with Gasteiger partial charge in [0.25, 0.3) is 0 Å². The summed E-state index contributed by atoms with van der Waals surface area (Å²) in [6.45, 7) is 2.17. The first-order valence-electron chi connectivity index (χ1n) is 6.79. The third kappa shape index (κ3) is 5.21. The molecule has 23 heavy (non-hydrogen) atoms. The quantitative estimate of drug-likeness (QED) is 0.885. The van der Waals surface area contributed by atoms with Crippen LogP contribution in [-0.4, -0.2) is 12.4 Å². The number of ether oxygens (including phenoxy) is 1. The minimum absolute atomic E-state index is 0.0629. The molecule has 0 saturated heterocycles. The molecule has 0 aliphatic rings. The van der Waals surface area contributed by atoms with Crippen molar-refractivity contribution in [2.24, 2.45) is 0 Å². The van der Waals surface area contributed by atoms with Crippen molar-refractivity contribution in [2.75, 3.05) is 5.32 Å². The van der Waals surface area contributed by atoms with E-state index in [4.69, 9.17) is 0 Å². The Morgan fingerprint density at radius 1 is 1.09 bits per heavy atom. The summed E-state index contributed by atoms with van der Waals surface area (Å²) in [6, 6.07) is 12.2. The van der Waals surface area contributed by atoms with Gasteiger partial charge in [-0.05, 0) is 30.2 Å². The second-order valence-electron chi connectivity index (χ2n) is 4.78. The van der Waals surface area contributed by atoms with E-state index in [0.717, 1.165) is 17.2 Å². The highest BCUT2D eigenvalue weighted by molar-refractivity contribution is 5.90. The molecule has 2 amide bonds. The zero-order valence-electron chi connectivity index (χ0n) is 12.3. The SMILES string of the molecule is Cc1ccccc1CNC(=O)Nc1ccccc1OC(F)(F)F. The summed E-state index contributed by atoms with van der Waals surface area (Å²) >= 11 is 0. The number of nitrogens with one attached hydrogen (secondary N) is 2. The Bertz CT molecular complexity index is 687. The van der Waals surface area contributed by atoms with E-state index in [2.05, 4.69) is 15.4 Å². The van der Waals surface area contributed by atoms with Crippen LogP contribution in [0.5, 0.6) is 5.75 Å². The van der Waals surface area contributed by atoms with Crippen molar-refractivity contribution in [3.8, 4) is 5.75 Å². The summed E-state index contributed by atoms with van der Waals surface area (Å²) in [7, 11) is 0. The lowest BCUT2D eigenvalue weighted by Crippen LogP contribution is -2.29. The van der Waals surface area contributed by atoms with E-state index in [0.29, 0.717) is 0 Å². The second-order valence-corrected chi connectivity index (χ2v) is 4.78. The number of alkyl halides is 3.